The van der Waals surface area contributed by atoms with Crippen molar-refractivity contribution < 1.29 is 5.21 Å². The summed E-state index contributed by atoms with van der Waals surface area (Å²) < 4.78 is 0. The van der Waals surface area contributed by atoms with Crippen LogP contribution in [-0.4, -0.2) is 22.6 Å². The summed E-state index contributed by atoms with van der Waals surface area (Å²) in [7, 11) is 0. The zero-order valence-corrected chi connectivity index (χ0v) is 11.1. The Kier molecular flexibility index (Phi) is 3.08. The second-order valence-corrected chi connectivity index (χ2v) is 5.43. The summed E-state index contributed by atoms with van der Waals surface area (Å²) >= 11 is 1.82. The topological polar surface area (TPSA) is 74.7 Å². The number of amidine groups is 1. The van der Waals surface area contributed by atoms with Crippen LogP contribution in [0.5, 0.6) is 0 Å². The van der Waals surface area contributed by atoms with E-state index in [2.05, 4.69) is 26.5 Å². The van der Waals surface area contributed by atoms with Crippen LogP contribution in [0, 0.1) is 0 Å². The molecule has 1 aliphatic heterocycles. The molecule has 0 atom stereocenters. The van der Waals surface area contributed by atoms with Gasteiger partial charge in [-0.05, 0) is 35.6 Å². The highest BCUT2D eigenvalue weighted by Crippen LogP contribution is 2.27. The lowest BCUT2D eigenvalue weighted by atomic mass is 10.1. The largest absolute Gasteiger partial charge is 0.409 e. The highest BCUT2D eigenvalue weighted by molar-refractivity contribution is 7.10. The van der Waals surface area contributed by atoms with Crippen molar-refractivity contribution in [2.75, 3.05) is 11.4 Å². The zero-order valence-electron chi connectivity index (χ0n) is 10.3. The van der Waals surface area contributed by atoms with Gasteiger partial charge in [-0.1, -0.05) is 5.16 Å². The first-order chi connectivity index (χ1) is 9.28. The Hall–Kier alpha value is -2.08. The molecular formula is C13H14N4OS. The van der Waals surface area contributed by atoms with Crippen LogP contribution in [0.4, 0.5) is 5.69 Å². The third kappa shape index (κ3) is 2.26. The first kappa shape index (κ1) is 12.0. The molecule has 0 saturated heterocycles. The van der Waals surface area contributed by atoms with E-state index >= 15 is 0 Å². The summed E-state index contributed by atoms with van der Waals surface area (Å²) in [6, 6.07) is 5.98. The van der Waals surface area contributed by atoms with Crippen molar-refractivity contribution in [2.24, 2.45) is 10.9 Å². The molecule has 6 heteroatoms. The number of thiophene rings is 1. The maximum atomic E-state index is 8.70. The monoisotopic (exact) mass is 274 g/mol. The van der Waals surface area contributed by atoms with Crippen molar-refractivity contribution in [3.8, 4) is 0 Å². The fourth-order valence-corrected chi connectivity index (χ4v) is 3.17. The molecule has 0 unspecified atom stereocenters. The van der Waals surface area contributed by atoms with E-state index in [1.54, 1.807) is 6.20 Å². The molecule has 0 fully saturated rings. The molecule has 0 aromatic carbocycles. The Morgan fingerprint density at radius 3 is 3.21 bits per heavy atom. The molecule has 19 heavy (non-hydrogen) atoms. The molecule has 0 aliphatic carbocycles. The third-order valence-corrected chi connectivity index (χ3v) is 4.31. The van der Waals surface area contributed by atoms with E-state index in [4.69, 9.17) is 10.9 Å². The van der Waals surface area contributed by atoms with Crippen molar-refractivity contribution in [1.29, 1.82) is 0 Å². The predicted molar refractivity (Wildman–Crippen MR) is 75.8 cm³/mol. The standard InChI is InChI=1S/C13H14N4OS/c14-13(16-18)11-7-10(1-4-15-11)17-5-2-12-9(8-17)3-6-19-12/h1,3-4,6-7,18H,2,5,8H2,(H2,14,16). The molecule has 3 N–H and O–H groups in total. The van der Waals surface area contributed by atoms with Gasteiger partial charge in [-0.2, -0.15) is 0 Å². The van der Waals surface area contributed by atoms with Crippen molar-refractivity contribution in [2.45, 2.75) is 13.0 Å². The average molecular weight is 274 g/mol. The number of nitrogens with two attached hydrogens (primary N) is 1. The molecule has 2 aromatic heterocycles. The van der Waals surface area contributed by atoms with Gasteiger partial charge in [-0.15, -0.1) is 11.3 Å². The van der Waals surface area contributed by atoms with Gasteiger partial charge in [0.1, 0.15) is 5.69 Å². The van der Waals surface area contributed by atoms with Gasteiger partial charge in [0, 0.05) is 29.9 Å². The Labute approximate surface area is 115 Å². The summed E-state index contributed by atoms with van der Waals surface area (Å²) in [4.78, 5) is 7.86. The molecule has 98 valence electrons. The Balaban J connectivity index is 1.88. The van der Waals surface area contributed by atoms with Crippen molar-refractivity contribution in [3.63, 3.8) is 0 Å². The maximum absolute atomic E-state index is 8.70. The molecule has 3 rings (SSSR count). The van der Waals surface area contributed by atoms with E-state index in [9.17, 15) is 0 Å². The molecule has 1 aliphatic rings. The van der Waals surface area contributed by atoms with Gasteiger partial charge in [0.15, 0.2) is 5.84 Å². The zero-order chi connectivity index (χ0) is 13.2. The molecule has 2 aromatic rings. The van der Waals surface area contributed by atoms with E-state index in [-0.39, 0.29) is 5.84 Å². The lowest BCUT2D eigenvalue weighted by molar-refractivity contribution is 0.318. The molecular weight excluding hydrogens is 260 g/mol. The van der Waals surface area contributed by atoms with Crippen LogP contribution >= 0.6 is 11.3 Å². The van der Waals surface area contributed by atoms with Crippen LogP contribution in [0.25, 0.3) is 0 Å². The van der Waals surface area contributed by atoms with E-state index in [0.29, 0.717) is 5.69 Å². The number of fused-ring (bicyclic) bond motifs is 1. The number of aromatic nitrogens is 1. The van der Waals surface area contributed by atoms with Gasteiger partial charge in [-0.3, -0.25) is 4.98 Å². The Morgan fingerprint density at radius 1 is 1.47 bits per heavy atom. The van der Waals surface area contributed by atoms with Crippen LogP contribution in [0.3, 0.4) is 0 Å². The smallest absolute Gasteiger partial charge is 0.188 e. The third-order valence-electron chi connectivity index (χ3n) is 3.29. The van der Waals surface area contributed by atoms with Gasteiger partial charge in [0.25, 0.3) is 0 Å². The highest BCUT2D eigenvalue weighted by Gasteiger charge is 2.18. The van der Waals surface area contributed by atoms with Crippen molar-refractivity contribution in [1.82, 2.24) is 4.98 Å². The van der Waals surface area contributed by atoms with Crippen molar-refractivity contribution >= 4 is 22.9 Å². The number of hydrogen-bond acceptors (Lipinski definition) is 5. The number of rotatable bonds is 2. The van der Waals surface area contributed by atoms with Gasteiger partial charge in [0.05, 0.1) is 0 Å². The van der Waals surface area contributed by atoms with Crippen LogP contribution < -0.4 is 10.6 Å². The summed E-state index contributed by atoms with van der Waals surface area (Å²) in [5.41, 5.74) is 8.51. The quantitative estimate of drug-likeness (QED) is 0.379. The van der Waals surface area contributed by atoms with E-state index < -0.39 is 0 Å². The van der Waals surface area contributed by atoms with Gasteiger partial charge >= 0.3 is 0 Å². The summed E-state index contributed by atoms with van der Waals surface area (Å²) in [6.45, 7) is 1.88. The van der Waals surface area contributed by atoms with Crippen LogP contribution in [0.15, 0.2) is 34.9 Å². The lowest BCUT2D eigenvalue weighted by Gasteiger charge is -2.29. The minimum Gasteiger partial charge on any atom is -0.409 e. The van der Waals surface area contributed by atoms with E-state index in [1.165, 1.54) is 10.4 Å². The van der Waals surface area contributed by atoms with Gasteiger partial charge in [-0.25, -0.2) is 0 Å². The molecule has 0 bridgehead atoms. The lowest BCUT2D eigenvalue weighted by Crippen LogP contribution is -2.29. The van der Waals surface area contributed by atoms with Crippen LogP contribution in [0.2, 0.25) is 0 Å². The van der Waals surface area contributed by atoms with Gasteiger partial charge < -0.3 is 15.8 Å². The second kappa shape index (κ2) is 4.89. The molecule has 3 heterocycles. The second-order valence-electron chi connectivity index (χ2n) is 4.43. The summed E-state index contributed by atoms with van der Waals surface area (Å²) in [5.74, 6) is 0.0371. The number of nitrogens with zero attached hydrogens (tertiary/aromatic N) is 3. The molecule has 0 amide bonds. The minimum absolute atomic E-state index is 0.0371. The molecule has 5 nitrogen and oxygen atoms in total. The minimum atomic E-state index is 0.0371. The summed E-state index contributed by atoms with van der Waals surface area (Å²) in [6.07, 6.45) is 2.75. The summed E-state index contributed by atoms with van der Waals surface area (Å²) in [5, 5.41) is 13.8. The van der Waals surface area contributed by atoms with Crippen molar-refractivity contribution in [3.05, 3.63) is 45.9 Å². The normalized spacial score (nSPS) is 15.4. The Morgan fingerprint density at radius 2 is 2.37 bits per heavy atom. The Bertz CT molecular complexity index is 623. The van der Waals surface area contributed by atoms with Gasteiger partial charge in [0.2, 0.25) is 0 Å². The highest BCUT2D eigenvalue weighted by atomic mass is 32.1. The number of pyridine rings is 1. The number of anilines is 1. The van der Waals surface area contributed by atoms with Crippen LogP contribution in [-0.2, 0) is 13.0 Å². The first-order valence-electron chi connectivity index (χ1n) is 6.02. The number of oxime groups is 1. The molecule has 0 saturated carbocycles. The molecule has 0 radical (unpaired) electrons. The first-order valence-corrected chi connectivity index (χ1v) is 6.90. The predicted octanol–water partition coefficient (Wildman–Crippen LogP) is 1.80. The maximum Gasteiger partial charge on any atom is 0.188 e. The number of hydrogen-bond donors (Lipinski definition) is 2. The fourth-order valence-electron chi connectivity index (χ4n) is 2.28. The fraction of sp³-hybridized carbons (Fsp3) is 0.231. The van der Waals surface area contributed by atoms with E-state index in [1.807, 2.05) is 23.5 Å². The van der Waals surface area contributed by atoms with E-state index in [0.717, 1.165) is 25.2 Å². The average Bonchev–Trinajstić information content (AvgIpc) is 2.94. The molecule has 0 spiro atoms. The van der Waals surface area contributed by atoms with Crippen LogP contribution in [0.1, 0.15) is 16.1 Å². The SMILES string of the molecule is NC(=NO)c1cc(N2CCc3sccc3C2)ccn1.